The molecule has 5 nitrogen and oxygen atoms in total. The highest BCUT2D eigenvalue weighted by Gasteiger charge is 2.32. The molecule has 0 bridgehead atoms. The molecule has 1 aliphatic rings. The van der Waals surface area contributed by atoms with E-state index in [4.69, 9.17) is 4.74 Å². The van der Waals surface area contributed by atoms with E-state index in [0.29, 0.717) is 13.1 Å². The van der Waals surface area contributed by atoms with E-state index in [-0.39, 0.29) is 34.5 Å². The number of sulfonamides is 1. The molecule has 150 valence electrons. The van der Waals surface area contributed by atoms with Crippen LogP contribution in [0.4, 0.5) is 4.39 Å². The number of piperidine rings is 1. The van der Waals surface area contributed by atoms with Gasteiger partial charge in [-0.3, -0.25) is 0 Å². The number of benzene rings is 2. The second kappa shape index (κ2) is 8.41. The highest BCUT2D eigenvalue weighted by molar-refractivity contribution is 7.89. The molecule has 1 saturated heterocycles. The van der Waals surface area contributed by atoms with Crippen LogP contribution in [0.1, 0.15) is 36.2 Å². The Morgan fingerprint density at radius 1 is 1.11 bits per heavy atom. The lowest BCUT2D eigenvalue weighted by Crippen LogP contribution is -2.42. The summed E-state index contributed by atoms with van der Waals surface area (Å²) in [5.41, 5.74) is 0.381. The molecule has 0 saturated carbocycles. The zero-order valence-electron chi connectivity index (χ0n) is 16.0. The summed E-state index contributed by atoms with van der Waals surface area (Å²) in [6, 6.07) is 11.8. The van der Waals surface area contributed by atoms with Crippen molar-refractivity contribution in [2.24, 2.45) is 11.8 Å². The molecule has 2 aromatic rings. The van der Waals surface area contributed by atoms with Gasteiger partial charge >= 0.3 is 5.97 Å². The maximum Gasteiger partial charge on any atom is 0.338 e. The number of halogens is 1. The second-order valence-electron chi connectivity index (χ2n) is 7.46. The Morgan fingerprint density at radius 2 is 1.79 bits per heavy atom. The topological polar surface area (TPSA) is 63.7 Å². The van der Waals surface area contributed by atoms with Crippen LogP contribution in [0, 0.1) is 17.7 Å². The fourth-order valence-corrected chi connectivity index (χ4v) is 5.30. The number of hydrogen-bond donors (Lipinski definition) is 0. The first-order valence-corrected chi connectivity index (χ1v) is 10.7. The van der Waals surface area contributed by atoms with E-state index in [0.717, 1.165) is 6.42 Å². The van der Waals surface area contributed by atoms with Gasteiger partial charge in [-0.15, -0.1) is 0 Å². The van der Waals surface area contributed by atoms with Crippen molar-refractivity contribution >= 4 is 16.0 Å². The van der Waals surface area contributed by atoms with E-state index >= 15 is 0 Å². The molecule has 7 heteroatoms. The molecule has 2 unspecified atom stereocenters. The minimum Gasteiger partial charge on any atom is -0.457 e. The average molecular weight is 405 g/mol. The zero-order valence-corrected chi connectivity index (χ0v) is 16.8. The van der Waals surface area contributed by atoms with Crippen LogP contribution < -0.4 is 0 Å². The van der Waals surface area contributed by atoms with Crippen LogP contribution >= 0.6 is 0 Å². The van der Waals surface area contributed by atoms with E-state index in [9.17, 15) is 17.6 Å². The lowest BCUT2D eigenvalue weighted by molar-refractivity contribution is 0.0468. The van der Waals surface area contributed by atoms with Gasteiger partial charge in [0.2, 0.25) is 10.0 Å². The molecule has 3 rings (SSSR count). The van der Waals surface area contributed by atoms with Crippen molar-refractivity contribution in [3.63, 3.8) is 0 Å². The largest absolute Gasteiger partial charge is 0.457 e. The van der Waals surface area contributed by atoms with Crippen molar-refractivity contribution in [2.75, 3.05) is 13.1 Å². The molecular formula is C21H24FNO4S. The quantitative estimate of drug-likeness (QED) is 0.709. The summed E-state index contributed by atoms with van der Waals surface area (Å²) in [6.45, 7) is 4.79. The number of hydrogen-bond acceptors (Lipinski definition) is 4. The van der Waals surface area contributed by atoms with Crippen LogP contribution in [0.3, 0.4) is 0 Å². The van der Waals surface area contributed by atoms with Gasteiger partial charge in [0.05, 0.1) is 10.5 Å². The number of esters is 1. The first kappa shape index (κ1) is 20.5. The molecule has 0 aromatic heterocycles. The van der Waals surface area contributed by atoms with Gasteiger partial charge in [-0.05, 0) is 42.5 Å². The summed E-state index contributed by atoms with van der Waals surface area (Å²) < 4.78 is 46.3. The maximum atomic E-state index is 13.7. The van der Waals surface area contributed by atoms with Gasteiger partial charge in [0.25, 0.3) is 0 Å². The first-order chi connectivity index (χ1) is 13.3. The van der Waals surface area contributed by atoms with Crippen LogP contribution in [-0.2, 0) is 21.4 Å². The van der Waals surface area contributed by atoms with Crippen LogP contribution in [0.5, 0.6) is 0 Å². The Hall–Kier alpha value is -2.25. The molecule has 1 aliphatic heterocycles. The normalized spacial score (nSPS) is 20.7. The molecule has 0 aliphatic carbocycles. The molecule has 28 heavy (non-hydrogen) atoms. The fraction of sp³-hybridized carbons (Fsp3) is 0.381. The van der Waals surface area contributed by atoms with Crippen molar-refractivity contribution in [3.8, 4) is 0 Å². The molecule has 2 aromatic carbocycles. The Labute approximate surface area is 165 Å². The summed E-state index contributed by atoms with van der Waals surface area (Å²) in [6.07, 6.45) is 0.994. The minimum absolute atomic E-state index is 0.0640. The molecule has 2 atom stereocenters. The number of ether oxygens (including phenoxy) is 1. The first-order valence-electron chi connectivity index (χ1n) is 9.28. The Kier molecular flexibility index (Phi) is 6.15. The van der Waals surface area contributed by atoms with Gasteiger partial charge in [0.15, 0.2) is 0 Å². The third-order valence-electron chi connectivity index (χ3n) is 4.86. The number of rotatable bonds is 5. The van der Waals surface area contributed by atoms with E-state index in [1.807, 2.05) is 13.8 Å². The van der Waals surface area contributed by atoms with Gasteiger partial charge in [-0.1, -0.05) is 38.1 Å². The average Bonchev–Trinajstić information content (AvgIpc) is 2.66. The monoisotopic (exact) mass is 405 g/mol. The summed E-state index contributed by atoms with van der Waals surface area (Å²) in [7, 11) is -3.69. The van der Waals surface area contributed by atoms with Crippen molar-refractivity contribution in [3.05, 3.63) is 65.5 Å². The highest BCUT2D eigenvalue weighted by Crippen LogP contribution is 2.27. The summed E-state index contributed by atoms with van der Waals surface area (Å²) in [5, 5.41) is 0. The third kappa shape index (κ3) is 4.59. The molecule has 0 amide bonds. The molecule has 1 fully saturated rings. The second-order valence-corrected chi connectivity index (χ2v) is 9.40. The van der Waals surface area contributed by atoms with Crippen LogP contribution in [0.2, 0.25) is 0 Å². The van der Waals surface area contributed by atoms with Crippen molar-refractivity contribution < 1.29 is 22.3 Å². The van der Waals surface area contributed by atoms with Gasteiger partial charge < -0.3 is 4.74 Å². The standard InChI is InChI=1S/C21H24FNO4S/c1-15-10-16(2)13-23(12-15)28(25,26)19-8-5-7-17(11-19)21(24)27-14-18-6-3-4-9-20(18)22/h3-9,11,15-16H,10,12-14H2,1-2H3. The summed E-state index contributed by atoms with van der Waals surface area (Å²) in [5.74, 6) is -0.583. The maximum absolute atomic E-state index is 13.7. The number of carbonyl (C=O) groups is 1. The lowest BCUT2D eigenvalue weighted by Gasteiger charge is -2.34. The van der Waals surface area contributed by atoms with E-state index in [1.165, 1.54) is 40.7 Å². The smallest absolute Gasteiger partial charge is 0.338 e. The van der Waals surface area contributed by atoms with Gasteiger partial charge in [0.1, 0.15) is 12.4 Å². The molecular weight excluding hydrogens is 381 g/mol. The minimum atomic E-state index is -3.69. The van der Waals surface area contributed by atoms with Gasteiger partial charge in [-0.25, -0.2) is 17.6 Å². The molecule has 0 radical (unpaired) electrons. The fourth-order valence-electron chi connectivity index (χ4n) is 3.58. The predicted octanol–water partition coefficient (Wildman–Crippen LogP) is 3.85. The van der Waals surface area contributed by atoms with Crippen molar-refractivity contribution in [2.45, 2.75) is 31.8 Å². The Balaban J connectivity index is 1.76. The van der Waals surface area contributed by atoms with E-state index in [2.05, 4.69) is 0 Å². The van der Waals surface area contributed by atoms with Crippen molar-refractivity contribution in [1.29, 1.82) is 0 Å². The van der Waals surface area contributed by atoms with Crippen LogP contribution in [-0.4, -0.2) is 31.8 Å². The molecule has 0 spiro atoms. The van der Waals surface area contributed by atoms with Gasteiger partial charge in [0, 0.05) is 18.7 Å². The zero-order chi connectivity index (χ0) is 20.3. The Bertz CT molecular complexity index is 950. The third-order valence-corrected chi connectivity index (χ3v) is 6.69. The number of carbonyl (C=O) groups excluding carboxylic acids is 1. The Morgan fingerprint density at radius 3 is 2.46 bits per heavy atom. The van der Waals surface area contributed by atoms with Crippen LogP contribution in [0.25, 0.3) is 0 Å². The SMILES string of the molecule is CC1CC(C)CN(S(=O)(=O)c2cccc(C(=O)OCc3ccccc3F)c2)C1. The van der Waals surface area contributed by atoms with E-state index < -0.39 is 21.8 Å². The van der Waals surface area contributed by atoms with Crippen LogP contribution in [0.15, 0.2) is 53.4 Å². The summed E-state index contributed by atoms with van der Waals surface area (Å²) in [4.78, 5) is 12.4. The predicted molar refractivity (Wildman–Crippen MR) is 104 cm³/mol. The summed E-state index contributed by atoms with van der Waals surface area (Å²) >= 11 is 0. The molecule has 1 heterocycles. The van der Waals surface area contributed by atoms with E-state index in [1.54, 1.807) is 12.1 Å². The van der Waals surface area contributed by atoms with Gasteiger partial charge in [-0.2, -0.15) is 4.31 Å². The molecule has 0 N–H and O–H groups in total. The highest BCUT2D eigenvalue weighted by atomic mass is 32.2. The van der Waals surface area contributed by atoms with Crippen molar-refractivity contribution in [1.82, 2.24) is 4.31 Å². The lowest BCUT2D eigenvalue weighted by atomic mass is 9.94. The number of nitrogens with zero attached hydrogens (tertiary/aromatic N) is 1.